The second kappa shape index (κ2) is 9.98. The van der Waals surface area contributed by atoms with Crippen molar-refractivity contribution in [2.75, 3.05) is 26.0 Å². The summed E-state index contributed by atoms with van der Waals surface area (Å²) in [7, 11) is 4.04. The fraction of sp³-hybridized carbons (Fsp3) is 0.222. The van der Waals surface area contributed by atoms with Crippen molar-refractivity contribution < 1.29 is 4.42 Å². The summed E-state index contributed by atoms with van der Waals surface area (Å²) in [6.07, 6.45) is 6.21. The molecular weight excluding hydrogens is 356 g/mol. The molecule has 7 heteroatoms. The van der Waals surface area contributed by atoms with E-state index in [1.807, 2.05) is 50.5 Å². The third-order valence-corrected chi connectivity index (χ3v) is 3.65. The number of hydrogen-bond donors (Lipinski definition) is 2. The summed E-state index contributed by atoms with van der Waals surface area (Å²) < 4.78 is 5.30. The molecule has 0 fully saturated rings. The van der Waals surface area contributed by atoms with Gasteiger partial charge in [-0.2, -0.15) is 5.10 Å². The number of benzene rings is 1. The van der Waals surface area contributed by atoms with Gasteiger partial charge in [0.05, 0.1) is 12.0 Å². The maximum atomic E-state index is 5.87. The quantitative estimate of drug-likeness (QED) is 0.430. The number of nitrogens with one attached hydrogen (secondary N) is 2. The number of hydrogen-bond acceptors (Lipinski definition) is 4. The minimum Gasteiger partial charge on any atom is -0.465 e. The molecule has 0 amide bonds. The van der Waals surface area contributed by atoms with Gasteiger partial charge < -0.3 is 14.6 Å². The lowest BCUT2D eigenvalue weighted by Gasteiger charge is -2.11. The summed E-state index contributed by atoms with van der Waals surface area (Å²) in [5, 5.41) is 8.54. The lowest BCUT2D eigenvalue weighted by Crippen LogP contribution is -2.25. The molecule has 132 valence electrons. The molecule has 0 aliphatic carbocycles. The number of thiocarbonyl (C=S) groups is 1. The van der Waals surface area contributed by atoms with Crippen molar-refractivity contribution in [3.05, 3.63) is 59.5 Å². The van der Waals surface area contributed by atoms with Crippen LogP contribution in [0.25, 0.3) is 6.08 Å². The molecule has 0 unspecified atom stereocenters. The van der Waals surface area contributed by atoms with E-state index in [-0.39, 0.29) is 0 Å². The van der Waals surface area contributed by atoms with Gasteiger partial charge in [-0.25, -0.2) is 0 Å². The molecule has 0 saturated heterocycles. The third-order valence-electron chi connectivity index (χ3n) is 3.20. The Morgan fingerprint density at radius 1 is 1.28 bits per heavy atom. The molecule has 2 rings (SSSR count). The normalized spacial score (nSPS) is 11.9. The van der Waals surface area contributed by atoms with Gasteiger partial charge >= 0.3 is 0 Å². The van der Waals surface area contributed by atoms with Crippen LogP contribution >= 0.6 is 23.8 Å². The number of allylic oxidation sites excluding steroid dienone is 1. The number of nitrogens with zero attached hydrogens (tertiary/aromatic N) is 2. The van der Waals surface area contributed by atoms with Crippen molar-refractivity contribution in [3.63, 3.8) is 0 Å². The summed E-state index contributed by atoms with van der Waals surface area (Å²) >= 11 is 11.1. The minimum absolute atomic E-state index is 0.413. The SMILES string of the molecule is CN(C)CCC(C=Cc1ccco1)=NNC(=S)Nc1ccc(Cl)cc1. The van der Waals surface area contributed by atoms with Gasteiger partial charge in [0.1, 0.15) is 5.76 Å². The summed E-state index contributed by atoms with van der Waals surface area (Å²) in [5.74, 6) is 0.777. The van der Waals surface area contributed by atoms with E-state index in [1.54, 1.807) is 18.4 Å². The predicted octanol–water partition coefficient (Wildman–Crippen LogP) is 4.24. The lowest BCUT2D eigenvalue weighted by molar-refractivity contribution is 0.422. The molecule has 2 aromatic rings. The Morgan fingerprint density at radius 3 is 2.68 bits per heavy atom. The molecule has 0 radical (unpaired) electrons. The molecule has 1 aromatic carbocycles. The van der Waals surface area contributed by atoms with Crippen molar-refractivity contribution in [2.45, 2.75) is 6.42 Å². The van der Waals surface area contributed by atoms with Crippen LogP contribution in [-0.4, -0.2) is 36.4 Å². The zero-order chi connectivity index (χ0) is 18.1. The van der Waals surface area contributed by atoms with Crippen LogP contribution in [0.4, 0.5) is 5.69 Å². The van der Waals surface area contributed by atoms with Crippen LogP contribution in [-0.2, 0) is 0 Å². The highest BCUT2D eigenvalue weighted by molar-refractivity contribution is 7.80. The van der Waals surface area contributed by atoms with Crippen molar-refractivity contribution in [1.82, 2.24) is 10.3 Å². The molecule has 1 heterocycles. The number of halogens is 1. The van der Waals surface area contributed by atoms with Crippen LogP contribution in [0, 0.1) is 0 Å². The van der Waals surface area contributed by atoms with Crippen molar-refractivity contribution in [2.24, 2.45) is 5.10 Å². The van der Waals surface area contributed by atoms with E-state index in [1.165, 1.54) is 0 Å². The fourth-order valence-electron chi connectivity index (χ4n) is 1.89. The Morgan fingerprint density at radius 2 is 2.04 bits per heavy atom. The minimum atomic E-state index is 0.413. The van der Waals surface area contributed by atoms with Gasteiger partial charge in [-0.05, 0) is 74.9 Å². The van der Waals surface area contributed by atoms with Gasteiger partial charge in [-0.1, -0.05) is 11.6 Å². The molecular formula is C18H21ClN4OS. The third kappa shape index (κ3) is 7.51. The van der Waals surface area contributed by atoms with Crippen molar-refractivity contribution in [3.8, 4) is 0 Å². The van der Waals surface area contributed by atoms with Crippen LogP contribution in [0.1, 0.15) is 12.2 Å². The number of hydrazone groups is 1. The van der Waals surface area contributed by atoms with E-state index in [0.29, 0.717) is 10.1 Å². The van der Waals surface area contributed by atoms with Crippen LogP contribution in [0.15, 0.2) is 58.3 Å². The van der Waals surface area contributed by atoms with E-state index in [0.717, 1.165) is 30.1 Å². The molecule has 5 nitrogen and oxygen atoms in total. The Hall–Kier alpha value is -2.15. The van der Waals surface area contributed by atoms with E-state index >= 15 is 0 Å². The van der Waals surface area contributed by atoms with Gasteiger partial charge in [0, 0.05) is 23.7 Å². The van der Waals surface area contributed by atoms with Crippen LogP contribution in [0.5, 0.6) is 0 Å². The second-order valence-electron chi connectivity index (χ2n) is 5.58. The number of furan rings is 1. The summed E-state index contributed by atoms with van der Waals surface area (Å²) in [6.45, 7) is 0.875. The highest BCUT2D eigenvalue weighted by Gasteiger charge is 2.01. The predicted molar refractivity (Wildman–Crippen MR) is 109 cm³/mol. The first-order valence-electron chi connectivity index (χ1n) is 7.78. The van der Waals surface area contributed by atoms with E-state index in [9.17, 15) is 0 Å². The zero-order valence-electron chi connectivity index (χ0n) is 14.2. The second-order valence-corrected chi connectivity index (χ2v) is 6.42. The van der Waals surface area contributed by atoms with Crippen LogP contribution in [0.2, 0.25) is 5.02 Å². The van der Waals surface area contributed by atoms with Gasteiger partial charge in [0.15, 0.2) is 5.11 Å². The molecule has 0 atom stereocenters. The number of rotatable bonds is 7. The van der Waals surface area contributed by atoms with Gasteiger partial charge in [-0.15, -0.1) is 0 Å². The van der Waals surface area contributed by atoms with E-state index in [2.05, 4.69) is 20.7 Å². The lowest BCUT2D eigenvalue weighted by atomic mass is 10.2. The highest BCUT2D eigenvalue weighted by Crippen LogP contribution is 2.13. The van der Waals surface area contributed by atoms with Crippen LogP contribution < -0.4 is 10.7 Å². The molecule has 0 aliphatic heterocycles. The van der Waals surface area contributed by atoms with E-state index < -0.39 is 0 Å². The standard InChI is InChI=1S/C18H21ClN4OS/c1-23(2)12-11-16(9-10-17-4-3-13-24-17)21-22-18(25)20-15-7-5-14(19)6-8-15/h3-10,13H,11-12H2,1-2H3,(H2,20,22,25). The van der Waals surface area contributed by atoms with Gasteiger partial charge in [0.2, 0.25) is 0 Å². The molecule has 0 saturated carbocycles. The summed E-state index contributed by atoms with van der Waals surface area (Å²) in [6, 6.07) is 11.0. The Labute approximate surface area is 158 Å². The van der Waals surface area contributed by atoms with Gasteiger partial charge in [0.25, 0.3) is 0 Å². The molecule has 1 aromatic heterocycles. The zero-order valence-corrected chi connectivity index (χ0v) is 15.8. The average Bonchev–Trinajstić information content (AvgIpc) is 3.09. The van der Waals surface area contributed by atoms with Gasteiger partial charge in [-0.3, -0.25) is 5.43 Å². The molecule has 0 aliphatic rings. The van der Waals surface area contributed by atoms with Crippen molar-refractivity contribution in [1.29, 1.82) is 0 Å². The van der Waals surface area contributed by atoms with Crippen molar-refractivity contribution >= 4 is 46.4 Å². The smallest absolute Gasteiger partial charge is 0.191 e. The monoisotopic (exact) mass is 376 g/mol. The maximum absolute atomic E-state index is 5.87. The van der Waals surface area contributed by atoms with E-state index in [4.69, 9.17) is 28.2 Å². The largest absolute Gasteiger partial charge is 0.465 e. The summed E-state index contributed by atoms with van der Waals surface area (Å²) in [5.41, 5.74) is 4.59. The first-order valence-corrected chi connectivity index (χ1v) is 8.57. The van der Waals surface area contributed by atoms with Crippen LogP contribution in [0.3, 0.4) is 0 Å². The topological polar surface area (TPSA) is 52.8 Å². The summed E-state index contributed by atoms with van der Waals surface area (Å²) in [4.78, 5) is 2.10. The average molecular weight is 377 g/mol. The fourth-order valence-corrected chi connectivity index (χ4v) is 2.18. The Balaban J connectivity index is 1.97. The Kier molecular flexibility index (Phi) is 7.66. The molecule has 0 bridgehead atoms. The molecule has 0 spiro atoms. The first-order chi connectivity index (χ1) is 12.0. The first kappa shape index (κ1) is 19.2. The molecule has 25 heavy (non-hydrogen) atoms. The maximum Gasteiger partial charge on any atom is 0.191 e. The molecule has 2 N–H and O–H groups in total. The number of anilines is 1. The Bertz CT molecular complexity index is 724. The highest BCUT2D eigenvalue weighted by atomic mass is 35.5.